The summed E-state index contributed by atoms with van der Waals surface area (Å²) in [6.07, 6.45) is 6.37. The van der Waals surface area contributed by atoms with Crippen molar-refractivity contribution in [3.8, 4) is 5.75 Å². The SMILES string of the molecule is CC.CC(C)(C)Oc1ccc2c(c1)CCC(c1ccccc1)C2c1ccc(N2CCC3(CCC(CO)O3)CC2)cc1. The normalized spacial score (nSPS) is 23.5. The van der Waals surface area contributed by atoms with Crippen LogP contribution in [0.1, 0.15) is 101 Å². The van der Waals surface area contributed by atoms with Gasteiger partial charge in [0.1, 0.15) is 11.4 Å². The summed E-state index contributed by atoms with van der Waals surface area (Å²) in [4.78, 5) is 2.50. The molecule has 0 amide bonds. The fraction of sp³-hybridized carbons (Fsp3) is 0.514. The Bertz CT molecular complexity index is 1260. The Morgan fingerprint density at radius 1 is 0.878 bits per heavy atom. The number of benzene rings is 3. The van der Waals surface area contributed by atoms with Gasteiger partial charge in [-0.05, 0) is 112 Å². The predicted octanol–water partition coefficient (Wildman–Crippen LogP) is 8.26. The fourth-order valence-electron chi connectivity index (χ4n) is 7.14. The lowest BCUT2D eigenvalue weighted by Crippen LogP contribution is -2.44. The minimum absolute atomic E-state index is 0.0197. The number of ether oxygens (including phenoxy) is 2. The summed E-state index contributed by atoms with van der Waals surface area (Å²) < 4.78 is 12.5. The molecule has 3 atom stereocenters. The topological polar surface area (TPSA) is 41.9 Å². The predicted molar refractivity (Wildman–Crippen MR) is 169 cm³/mol. The monoisotopic (exact) mass is 555 g/mol. The molecule has 3 aromatic rings. The van der Waals surface area contributed by atoms with Crippen molar-refractivity contribution >= 4 is 5.69 Å². The Morgan fingerprint density at radius 2 is 1.59 bits per heavy atom. The highest BCUT2D eigenvalue weighted by atomic mass is 16.5. The Balaban J connectivity index is 0.00000165. The summed E-state index contributed by atoms with van der Waals surface area (Å²) in [6.45, 7) is 12.5. The summed E-state index contributed by atoms with van der Waals surface area (Å²) in [6, 6.07) is 27.2. The lowest BCUT2D eigenvalue weighted by molar-refractivity contribution is -0.0713. The van der Waals surface area contributed by atoms with Crippen molar-refractivity contribution in [1.29, 1.82) is 0 Å². The quantitative estimate of drug-likeness (QED) is 0.344. The number of aliphatic hydroxyl groups excluding tert-OH is 1. The molecule has 2 fully saturated rings. The average molecular weight is 556 g/mol. The van der Waals surface area contributed by atoms with Gasteiger partial charge in [-0.15, -0.1) is 0 Å². The minimum atomic E-state index is -0.205. The number of hydrogen-bond donors (Lipinski definition) is 1. The zero-order chi connectivity index (χ0) is 29.0. The van der Waals surface area contributed by atoms with Crippen LogP contribution in [0.15, 0.2) is 72.8 Å². The largest absolute Gasteiger partial charge is 0.488 e. The van der Waals surface area contributed by atoms with E-state index >= 15 is 0 Å². The number of rotatable bonds is 5. The van der Waals surface area contributed by atoms with Crippen LogP contribution in [0, 0.1) is 0 Å². The first kappa shape index (κ1) is 29.7. The zero-order valence-electron chi connectivity index (χ0n) is 25.7. The molecule has 3 aliphatic rings. The van der Waals surface area contributed by atoms with Crippen LogP contribution >= 0.6 is 0 Å². The van der Waals surface area contributed by atoms with Gasteiger partial charge in [0.05, 0.1) is 18.3 Å². The van der Waals surface area contributed by atoms with Crippen LogP contribution in [0.4, 0.5) is 5.69 Å². The van der Waals surface area contributed by atoms with Gasteiger partial charge in [-0.2, -0.15) is 0 Å². The van der Waals surface area contributed by atoms with Gasteiger partial charge in [0.2, 0.25) is 0 Å². The maximum absolute atomic E-state index is 9.51. The van der Waals surface area contributed by atoms with Gasteiger partial charge >= 0.3 is 0 Å². The summed E-state index contributed by atoms with van der Waals surface area (Å²) in [7, 11) is 0. The molecule has 2 heterocycles. The Labute approximate surface area is 247 Å². The van der Waals surface area contributed by atoms with Crippen molar-refractivity contribution < 1.29 is 14.6 Å². The maximum atomic E-state index is 9.51. The van der Waals surface area contributed by atoms with Gasteiger partial charge in [-0.25, -0.2) is 0 Å². The smallest absolute Gasteiger partial charge is 0.120 e. The third kappa shape index (κ3) is 6.65. The van der Waals surface area contributed by atoms with Crippen molar-refractivity contribution in [3.63, 3.8) is 0 Å². The van der Waals surface area contributed by atoms with Crippen molar-refractivity contribution in [2.24, 2.45) is 0 Å². The number of anilines is 1. The highest BCUT2D eigenvalue weighted by molar-refractivity contribution is 5.53. The first-order valence-corrected chi connectivity index (χ1v) is 15.8. The maximum Gasteiger partial charge on any atom is 0.120 e. The second kappa shape index (κ2) is 12.6. The molecule has 2 aliphatic heterocycles. The van der Waals surface area contributed by atoms with Crippen molar-refractivity contribution in [3.05, 3.63) is 95.1 Å². The molecule has 0 saturated carbocycles. The number of nitrogens with zero attached hydrogens (tertiary/aromatic N) is 1. The van der Waals surface area contributed by atoms with E-state index in [-0.39, 0.29) is 23.9 Å². The third-order valence-corrected chi connectivity index (χ3v) is 9.06. The zero-order valence-corrected chi connectivity index (χ0v) is 25.7. The molecule has 3 aromatic carbocycles. The lowest BCUT2D eigenvalue weighted by atomic mass is 9.69. The molecule has 1 aliphatic carbocycles. The molecule has 3 unspecified atom stereocenters. The van der Waals surface area contributed by atoms with Gasteiger partial charge in [-0.3, -0.25) is 0 Å². The molecule has 0 radical (unpaired) electrons. The second-order valence-corrected chi connectivity index (χ2v) is 12.8. The van der Waals surface area contributed by atoms with E-state index < -0.39 is 0 Å². The van der Waals surface area contributed by atoms with Crippen molar-refractivity contribution in [1.82, 2.24) is 0 Å². The van der Waals surface area contributed by atoms with Crippen LogP contribution in [0.3, 0.4) is 0 Å². The first-order chi connectivity index (χ1) is 19.8. The molecule has 0 aromatic heterocycles. The molecule has 4 heteroatoms. The van der Waals surface area contributed by atoms with E-state index in [1.165, 1.54) is 27.9 Å². The van der Waals surface area contributed by atoms with Crippen LogP contribution in [0.5, 0.6) is 5.75 Å². The molecule has 1 N–H and O–H groups in total. The number of hydrogen-bond acceptors (Lipinski definition) is 4. The van der Waals surface area contributed by atoms with Gasteiger partial charge in [0.25, 0.3) is 0 Å². The number of aryl methyl sites for hydroxylation is 1. The molecule has 6 rings (SSSR count). The molecule has 4 nitrogen and oxygen atoms in total. The first-order valence-electron chi connectivity index (χ1n) is 15.8. The highest BCUT2D eigenvalue weighted by Crippen LogP contribution is 2.47. The molecule has 41 heavy (non-hydrogen) atoms. The van der Waals surface area contributed by atoms with E-state index in [4.69, 9.17) is 9.47 Å². The van der Waals surface area contributed by atoms with E-state index in [1.54, 1.807) is 0 Å². The second-order valence-electron chi connectivity index (χ2n) is 12.8. The molecular weight excluding hydrogens is 506 g/mol. The number of piperidine rings is 1. The summed E-state index contributed by atoms with van der Waals surface area (Å²) in [5, 5.41) is 9.51. The van der Waals surface area contributed by atoms with Gasteiger partial charge in [-0.1, -0.05) is 62.4 Å². The molecule has 2 saturated heterocycles. The Morgan fingerprint density at radius 3 is 2.22 bits per heavy atom. The molecule has 0 bridgehead atoms. The van der Waals surface area contributed by atoms with E-state index in [9.17, 15) is 5.11 Å². The summed E-state index contributed by atoms with van der Waals surface area (Å²) in [5.41, 5.74) is 6.73. The van der Waals surface area contributed by atoms with E-state index in [1.807, 2.05) is 13.8 Å². The summed E-state index contributed by atoms with van der Waals surface area (Å²) in [5.74, 6) is 1.74. The minimum Gasteiger partial charge on any atom is -0.488 e. The van der Waals surface area contributed by atoms with Crippen LogP contribution in [0.25, 0.3) is 0 Å². The highest BCUT2D eigenvalue weighted by Gasteiger charge is 2.42. The van der Waals surface area contributed by atoms with Crippen LogP contribution in [-0.4, -0.2) is 42.1 Å². The van der Waals surface area contributed by atoms with Crippen LogP contribution < -0.4 is 9.64 Å². The van der Waals surface area contributed by atoms with E-state index in [0.717, 1.165) is 57.4 Å². The Kier molecular flexibility index (Phi) is 9.11. The van der Waals surface area contributed by atoms with Gasteiger partial charge in [0.15, 0.2) is 0 Å². The summed E-state index contributed by atoms with van der Waals surface area (Å²) >= 11 is 0. The van der Waals surface area contributed by atoms with E-state index in [2.05, 4.69) is 98.5 Å². The Hall–Kier alpha value is -2.82. The van der Waals surface area contributed by atoms with Crippen LogP contribution in [0.2, 0.25) is 0 Å². The molecule has 220 valence electrons. The van der Waals surface area contributed by atoms with Gasteiger partial charge < -0.3 is 19.5 Å². The standard InChI is InChI=1S/C35H43NO3.C2H6/c1-34(2,3)38-29-14-16-32-27(23-29)11-15-31(25-7-5-4-6-8-25)33(32)26-9-12-28(13-10-26)36-21-19-35(20-22-36)18-17-30(24-37)39-35;1-2/h4-10,12-14,16,23,30-31,33,37H,11,15,17-22,24H2,1-3H3;1-2H3. The van der Waals surface area contributed by atoms with E-state index in [0.29, 0.717) is 11.8 Å². The average Bonchev–Trinajstić information content (AvgIpc) is 3.40. The number of fused-ring (bicyclic) bond motifs is 1. The number of aliphatic hydroxyl groups is 1. The van der Waals surface area contributed by atoms with Crippen molar-refractivity contribution in [2.75, 3.05) is 24.6 Å². The molecule has 1 spiro atoms. The van der Waals surface area contributed by atoms with Gasteiger partial charge in [0, 0.05) is 24.7 Å². The van der Waals surface area contributed by atoms with Crippen molar-refractivity contribution in [2.45, 2.75) is 102 Å². The lowest BCUT2D eigenvalue weighted by Gasteiger charge is -2.40. The third-order valence-electron chi connectivity index (χ3n) is 9.06. The van der Waals surface area contributed by atoms with Crippen LogP contribution in [-0.2, 0) is 11.2 Å². The molecular formula is C37H49NO3. The fourth-order valence-corrected chi connectivity index (χ4v) is 7.14.